The van der Waals surface area contributed by atoms with Crippen molar-refractivity contribution in [3.05, 3.63) is 11.6 Å². The van der Waals surface area contributed by atoms with Crippen molar-refractivity contribution >= 4 is 11.6 Å². The van der Waals surface area contributed by atoms with Gasteiger partial charge in [0.15, 0.2) is 11.6 Å². The minimum Gasteiger partial charge on any atom is -0.393 e. The van der Waals surface area contributed by atoms with E-state index in [1.165, 1.54) is 6.08 Å². The SMILES string of the molecule is C[C@H](C(O)CCC(C)(C)O)[C@H]1CC[C@@]2(O)C3=CC(=O)[C@@H]4C[C@@H](O)[C@@H](O)C(=O)[C@]4(C)[C@H]3CC[C@]12C. The third-order valence-corrected chi connectivity index (χ3v) is 10.4. The predicted octanol–water partition coefficient (Wildman–Crippen LogP) is 1.92. The van der Waals surface area contributed by atoms with Crippen LogP contribution in [0.5, 0.6) is 0 Å². The molecule has 4 aliphatic rings. The van der Waals surface area contributed by atoms with Crippen molar-refractivity contribution in [3.63, 3.8) is 0 Å². The van der Waals surface area contributed by atoms with E-state index in [1.807, 2.05) is 13.8 Å². The molecule has 7 heteroatoms. The van der Waals surface area contributed by atoms with Gasteiger partial charge in [0.05, 0.1) is 23.4 Å². The van der Waals surface area contributed by atoms with Crippen molar-refractivity contribution in [2.45, 2.75) is 109 Å². The van der Waals surface area contributed by atoms with Gasteiger partial charge < -0.3 is 25.5 Å². The van der Waals surface area contributed by atoms with E-state index >= 15 is 0 Å². The standard InChI is InChI=1S/C27H42O7/c1-14(19(28)8-9-24(2,3)33)15-7-11-27(34)17-12-20(29)18-13-21(30)22(31)23(32)26(18,5)16(17)6-10-25(15,27)4/h12,14-16,18-19,21-22,28,30-31,33-34H,6-11,13H2,1-5H3/t14-,15+,16-,18-,19?,21+,22+,25+,26+,27+/m0/s1. The summed E-state index contributed by atoms with van der Waals surface area (Å²) >= 11 is 0. The molecule has 0 spiro atoms. The number of aliphatic hydroxyl groups excluding tert-OH is 3. The maximum absolute atomic E-state index is 13.3. The first-order chi connectivity index (χ1) is 15.6. The second-order valence-electron chi connectivity index (χ2n) is 12.7. The molecular weight excluding hydrogens is 436 g/mol. The Balaban J connectivity index is 1.66. The van der Waals surface area contributed by atoms with E-state index in [9.17, 15) is 35.1 Å². The summed E-state index contributed by atoms with van der Waals surface area (Å²) < 4.78 is 0. The Morgan fingerprint density at radius 1 is 1.12 bits per heavy atom. The van der Waals surface area contributed by atoms with Crippen LogP contribution in [0.4, 0.5) is 0 Å². The Kier molecular flexibility index (Phi) is 6.26. The number of rotatable bonds is 5. The molecule has 192 valence electrons. The lowest BCUT2D eigenvalue weighted by Gasteiger charge is -2.59. The fourth-order valence-electron chi connectivity index (χ4n) is 8.11. The number of aliphatic hydroxyl groups is 5. The molecule has 0 aromatic rings. The topological polar surface area (TPSA) is 135 Å². The molecule has 4 aliphatic carbocycles. The number of carbonyl (C=O) groups is 2. The van der Waals surface area contributed by atoms with Gasteiger partial charge in [-0.25, -0.2) is 0 Å². The van der Waals surface area contributed by atoms with Crippen LogP contribution in [0.25, 0.3) is 0 Å². The highest BCUT2D eigenvalue weighted by Crippen LogP contribution is 2.67. The molecule has 5 N–H and O–H groups in total. The highest BCUT2D eigenvalue weighted by atomic mass is 16.3. The first-order valence-corrected chi connectivity index (χ1v) is 12.9. The van der Waals surface area contributed by atoms with Crippen LogP contribution in [0.2, 0.25) is 0 Å². The van der Waals surface area contributed by atoms with Crippen LogP contribution in [-0.2, 0) is 9.59 Å². The van der Waals surface area contributed by atoms with Crippen LogP contribution in [0.1, 0.15) is 79.6 Å². The first kappa shape index (κ1) is 26.0. The molecule has 7 nitrogen and oxygen atoms in total. The minimum atomic E-state index is -1.52. The molecule has 3 fully saturated rings. The van der Waals surface area contributed by atoms with Crippen molar-refractivity contribution < 1.29 is 35.1 Å². The summed E-state index contributed by atoms with van der Waals surface area (Å²) in [5.41, 5.74) is -3.24. The number of ketones is 2. The van der Waals surface area contributed by atoms with Crippen LogP contribution >= 0.6 is 0 Å². The van der Waals surface area contributed by atoms with Gasteiger partial charge in [-0.2, -0.15) is 0 Å². The Morgan fingerprint density at radius 2 is 1.76 bits per heavy atom. The minimum absolute atomic E-state index is 0.0197. The summed E-state index contributed by atoms with van der Waals surface area (Å²) in [7, 11) is 0. The fraction of sp³-hybridized carbons (Fsp3) is 0.852. The smallest absolute Gasteiger partial charge is 0.171 e. The van der Waals surface area contributed by atoms with E-state index in [2.05, 4.69) is 0 Å². The molecule has 0 radical (unpaired) electrons. The van der Waals surface area contributed by atoms with Crippen LogP contribution in [0, 0.1) is 34.5 Å². The zero-order valence-electron chi connectivity index (χ0n) is 21.1. The highest BCUT2D eigenvalue weighted by Gasteiger charge is 2.69. The number of Topliss-reactive ketones (excluding diaryl/α,β-unsaturated/α-hetero) is 1. The van der Waals surface area contributed by atoms with Crippen LogP contribution in [-0.4, -0.2) is 66.6 Å². The molecule has 0 bridgehead atoms. The number of allylic oxidation sites excluding steroid dienone is 1. The normalized spacial score (nSPS) is 46.3. The van der Waals surface area contributed by atoms with Gasteiger partial charge in [0.25, 0.3) is 0 Å². The summed E-state index contributed by atoms with van der Waals surface area (Å²) in [5.74, 6) is -1.90. The Labute approximate surface area is 202 Å². The maximum Gasteiger partial charge on any atom is 0.171 e. The van der Waals surface area contributed by atoms with Gasteiger partial charge in [-0.15, -0.1) is 0 Å². The monoisotopic (exact) mass is 478 g/mol. The lowest BCUT2D eigenvalue weighted by molar-refractivity contribution is -0.171. The average molecular weight is 479 g/mol. The first-order valence-electron chi connectivity index (χ1n) is 12.9. The summed E-state index contributed by atoms with van der Waals surface area (Å²) in [6, 6.07) is 0. The van der Waals surface area contributed by atoms with Crippen LogP contribution in [0.3, 0.4) is 0 Å². The third-order valence-electron chi connectivity index (χ3n) is 10.4. The molecule has 34 heavy (non-hydrogen) atoms. The summed E-state index contributed by atoms with van der Waals surface area (Å²) in [6.45, 7) is 9.23. The van der Waals surface area contributed by atoms with Crippen molar-refractivity contribution in [2.24, 2.45) is 34.5 Å². The molecule has 0 aromatic carbocycles. The van der Waals surface area contributed by atoms with E-state index in [1.54, 1.807) is 20.8 Å². The Morgan fingerprint density at radius 3 is 2.38 bits per heavy atom. The Bertz CT molecular complexity index is 890. The van der Waals surface area contributed by atoms with Gasteiger partial charge in [0.1, 0.15) is 6.10 Å². The van der Waals surface area contributed by atoms with Gasteiger partial charge in [-0.3, -0.25) is 9.59 Å². The summed E-state index contributed by atoms with van der Waals surface area (Å²) in [4.78, 5) is 26.5. The fourth-order valence-corrected chi connectivity index (χ4v) is 8.11. The second kappa shape index (κ2) is 8.20. The molecule has 0 amide bonds. The zero-order valence-corrected chi connectivity index (χ0v) is 21.1. The van der Waals surface area contributed by atoms with Gasteiger partial charge in [0, 0.05) is 16.7 Å². The number of hydrogen-bond acceptors (Lipinski definition) is 7. The van der Waals surface area contributed by atoms with Crippen LogP contribution < -0.4 is 0 Å². The van der Waals surface area contributed by atoms with Crippen molar-refractivity contribution in [1.29, 1.82) is 0 Å². The van der Waals surface area contributed by atoms with Gasteiger partial charge in [-0.1, -0.05) is 20.8 Å². The van der Waals surface area contributed by atoms with Gasteiger partial charge >= 0.3 is 0 Å². The number of carbonyl (C=O) groups excluding carboxylic acids is 2. The van der Waals surface area contributed by atoms with E-state index in [-0.39, 0.29) is 30.0 Å². The van der Waals surface area contributed by atoms with Crippen molar-refractivity contribution in [3.8, 4) is 0 Å². The van der Waals surface area contributed by atoms with Crippen molar-refractivity contribution in [1.82, 2.24) is 0 Å². The van der Waals surface area contributed by atoms with E-state index in [0.29, 0.717) is 44.1 Å². The molecule has 0 saturated heterocycles. The molecular formula is C27H42O7. The van der Waals surface area contributed by atoms with Crippen molar-refractivity contribution in [2.75, 3.05) is 0 Å². The molecule has 10 atom stereocenters. The van der Waals surface area contributed by atoms with E-state index < -0.39 is 52.0 Å². The predicted molar refractivity (Wildman–Crippen MR) is 126 cm³/mol. The van der Waals surface area contributed by atoms with Crippen LogP contribution in [0.15, 0.2) is 11.6 Å². The summed E-state index contributed by atoms with van der Waals surface area (Å²) in [6.07, 6.45) is 1.53. The van der Waals surface area contributed by atoms with E-state index in [0.717, 1.165) is 0 Å². The molecule has 0 heterocycles. The quantitative estimate of drug-likeness (QED) is 0.407. The van der Waals surface area contributed by atoms with E-state index in [4.69, 9.17) is 0 Å². The Hall–Kier alpha value is -1.12. The molecule has 1 unspecified atom stereocenters. The average Bonchev–Trinajstić information content (AvgIpc) is 3.03. The number of hydrogen-bond donors (Lipinski definition) is 5. The number of fused-ring (bicyclic) bond motifs is 5. The zero-order chi connectivity index (χ0) is 25.4. The lowest BCUT2D eigenvalue weighted by atomic mass is 9.45. The third kappa shape index (κ3) is 3.57. The maximum atomic E-state index is 13.3. The molecule has 0 aromatic heterocycles. The molecule has 3 saturated carbocycles. The molecule has 4 rings (SSSR count). The van der Waals surface area contributed by atoms with Gasteiger partial charge in [-0.05, 0) is 88.2 Å². The van der Waals surface area contributed by atoms with Gasteiger partial charge in [0.2, 0.25) is 0 Å². The summed E-state index contributed by atoms with van der Waals surface area (Å²) in [5, 5.41) is 53.7. The second-order valence-corrected chi connectivity index (χ2v) is 12.7. The highest BCUT2D eigenvalue weighted by molar-refractivity contribution is 6.03. The largest absolute Gasteiger partial charge is 0.393 e. The molecule has 0 aliphatic heterocycles. The lowest BCUT2D eigenvalue weighted by Crippen LogP contribution is -2.64.